The zero-order valence-corrected chi connectivity index (χ0v) is 14.1. The van der Waals surface area contributed by atoms with Crippen LogP contribution < -0.4 is 16.4 Å². The van der Waals surface area contributed by atoms with Crippen molar-refractivity contribution < 1.29 is 4.79 Å². The van der Waals surface area contributed by atoms with Gasteiger partial charge in [0.15, 0.2) is 5.96 Å². The van der Waals surface area contributed by atoms with Crippen LogP contribution in [0.1, 0.15) is 37.0 Å². The number of hydrogen-bond acceptors (Lipinski definition) is 2. The number of nitrogens with one attached hydrogen (secondary N) is 2. The van der Waals surface area contributed by atoms with Gasteiger partial charge in [0.05, 0.1) is 0 Å². The summed E-state index contributed by atoms with van der Waals surface area (Å²) in [5.74, 6) is 0.390. The van der Waals surface area contributed by atoms with Crippen LogP contribution in [-0.4, -0.2) is 31.0 Å². The average Bonchev–Trinajstić information content (AvgIpc) is 2.47. The van der Waals surface area contributed by atoms with Crippen LogP contribution in [0.3, 0.4) is 0 Å². The summed E-state index contributed by atoms with van der Waals surface area (Å²) < 4.78 is 0.956. The summed E-state index contributed by atoms with van der Waals surface area (Å²) in [4.78, 5) is 16.1. The number of carbonyl (C=O) groups excluding carboxylic acids is 1. The van der Waals surface area contributed by atoms with Crippen molar-refractivity contribution in [3.05, 3.63) is 34.3 Å². The van der Waals surface area contributed by atoms with E-state index in [1.54, 1.807) is 12.1 Å². The van der Waals surface area contributed by atoms with Gasteiger partial charge in [0, 0.05) is 29.2 Å². The van der Waals surface area contributed by atoms with E-state index in [4.69, 9.17) is 5.73 Å². The Labute approximate surface area is 134 Å². The molecule has 0 saturated carbocycles. The number of benzene rings is 1. The topological polar surface area (TPSA) is 79.5 Å². The third-order valence-corrected chi connectivity index (χ3v) is 3.54. The van der Waals surface area contributed by atoms with E-state index >= 15 is 0 Å². The Balaban J connectivity index is 2.23. The first-order valence-electron chi connectivity index (χ1n) is 7.13. The predicted molar refractivity (Wildman–Crippen MR) is 90.5 cm³/mol. The van der Waals surface area contributed by atoms with Gasteiger partial charge in [-0.15, -0.1) is 0 Å². The number of nitrogens with zero attached hydrogens (tertiary/aromatic N) is 1. The van der Waals surface area contributed by atoms with Crippen LogP contribution in [0.2, 0.25) is 0 Å². The minimum atomic E-state index is -0.0721. The van der Waals surface area contributed by atoms with Crippen molar-refractivity contribution >= 4 is 27.8 Å². The van der Waals surface area contributed by atoms with Crippen LogP contribution in [-0.2, 0) is 0 Å². The van der Waals surface area contributed by atoms with Gasteiger partial charge >= 0.3 is 0 Å². The number of nitrogens with two attached hydrogens (primary N) is 1. The molecule has 0 radical (unpaired) electrons. The molecule has 4 N–H and O–H groups in total. The van der Waals surface area contributed by atoms with Gasteiger partial charge < -0.3 is 16.4 Å². The lowest BCUT2D eigenvalue weighted by molar-refractivity contribution is 0.0953. The number of halogens is 1. The predicted octanol–water partition coefficient (Wildman–Crippen LogP) is 2.27. The fourth-order valence-electron chi connectivity index (χ4n) is 1.58. The highest BCUT2D eigenvalue weighted by atomic mass is 79.9. The fourth-order valence-corrected chi connectivity index (χ4v) is 1.85. The van der Waals surface area contributed by atoms with E-state index in [9.17, 15) is 4.79 Å². The molecule has 0 aliphatic rings. The van der Waals surface area contributed by atoms with Crippen molar-refractivity contribution in [3.8, 4) is 0 Å². The van der Waals surface area contributed by atoms with E-state index in [-0.39, 0.29) is 5.91 Å². The maximum Gasteiger partial charge on any atom is 0.251 e. The highest BCUT2D eigenvalue weighted by Crippen LogP contribution is 2.10. The average molecular weight is 355 g/mol. The van der Waals surface area contributed by atoms with Crippen LogP contribution in [0, 0.1) is 0 Å². The molecule has 1 aromatic rings. The Morgan fingerprint density at radius 3 is 2.67 bits per heavy atom. The van der Waals surface area contributed by atoms with Gasteiger partial charge in [-0.05, 0) is 44.0 Å². The number of guanidine groups is 1. The molecule has 1 amide bonds. The standard InChI is InChI=1S/C15H23BrN4O/c1-3-11(2)20-15(17)19-10-4-9-18-14(21)12-5-7-13(16)8-6-12/h5-8,11H,3-4,9-10H2,1-2H3,(H,18,21)(H3,17,19,20). The Morgan fingerprint density at radius 2 is 2.05 bits per heavy atom. The lowest BCUT2D eigenvalue weighted by Gasteiger charge is -2.11. The molecule has 0 fully saturated rings. The molecular formula is C15H23BrN4O. The van der Waals surface area contributed by atoms with Gasteiger partial charge in [0.2, 0.25) is 0 Å². The van der Waals surface area contributed by atoms with Crippen molar-refractivity contribution in [2.45, 2.75) is 32.7 Å². The second kappa shape index (κ2) is 9.39. The molecule has 1 aromatic carbocycles. The lowest BCUT2D eigenvalue weighted by atomic mass is 10.2. The van der Waals surface area contributed by atoms with Gasteiger partial charge in [0.25, 0.3) is 5.91 Å². The lowest BCUT2D eigenvalue weighted by Crippen LogP contribution is -2.38. The number of amides is 1. The number of aliphatic imine (C=N–C) groups is 1. The molecule has 1 rings (SSSR count). The smallest absolute Gasteiger partial charge is 0.251 e. The molecule has 6 heteroatoms. The van der Waals surface area contributed by atoms with Gasteiger partial charge in [-0.2, -0.15) is 0 Å². The molecule has 0 aliphatic carbocycles. The summed E-state index contributed by atoms with van der Waals surface area (Å²) >= 11 is 3.34. The normalized spacial score (nSPS) is 12.8. The molecule has 0 spiro atoms. The minimum absolute atomic E-state index is 0.0721. The number of rotatable bonds is 7. The molecule has 0 aromatic heterocycles. The number of carbonyl (C=O) groups is 1. The van der Waals surface area contributed by atoms with Crippen molar-refractivity contribution in [3.63, 3.8) is 0 Å². The van der Waals surface area contributed by atoms with Crippen molar-refractivity contribution in [2.24, 2.45) is 10.7 Å². The maximum absolute atomic E-state index is 11.8. The summed E-state index contributed by atoms with van der Waals surface area (Å²) in [6, 6.07) is 7.59. The second-order valence-electron chi connectivity index (χ2n) is 4.84. The first-order chi connectivity index (χ1) is 10.0. The van der Waals surface area contributed by atoms with Crippen LogP contribution >= 0.6 is 15.9 Å². The molecule has 0 aliphatic heterocycles. The van der Waals surface area contributed by atoms with E-state index in [0.717, 1.165) is 17.3 Å². The molecule has 0 saturated heterocycles. The summed E-state index contributed by atoms with van der Waals surface area (Å²) in [7, 11) is 0. The highest BCUT2D eigenvalue weighted by molar-refractivity contribution is 9.10. The first-order valence-corrected chi connectivity index (χ1v) is 7.92. The molecule has 1 unspecified atom stereocenters. The molecule has 21 heavy (non-hydrogen) atoms. The van der Waals surface area contributed by atoms with Crippen molar-refractivity contribution in [1.82, 2.24) is 10.6 Å². The monoisotopic (exact) mass is 354 g/mol. The fraction of sp³-hybridized carbons (Fsp3) is 0.467. The number of hydrogen-bond donors (Lipinski definition) is 3. The summed E-state index contributed by atoms with van der Waals surface area (Å²) in [6.07, 6.45) is 1.75. The minimum Gasteiger partial charge on any atom is -0.370 e. The Kier molecular flexibility index (Phi) is 7.82. The van der Waals surface area contributed by atoms with Crippen molar-refractivity contribution in [2.75, 3.05) is 13.1 Å². The second-order valence-corrected chi connectivity index (χ2v) is 5.75. The molecule has 5 nitrogen and oxygen atoms in total. The van der Waals surface area contributed by atoms with Crippen LogP contribution in [0.25, 0.3) is 0 Å². The highest BCUT2D eigenvalue weighted by Gasteiger charge is 2.03. The molecule has 1 atom stereocenters. The van der Waals surface area contributed by atoms with Crippen molar-refractivity contribution in [1.29, 1.82) is 0 Å². The van der Waals surface area contributed by atoms with E-state index in [2.05, 4.69) is 45.4 Å². The zero-order chi connectivity index (χ0) is 15.7. The molecule has 0 heterocycles. The Morgan fingerprint density at radius 1 is 1.38 bits per heavy atom. The SMILES string of the molecule is CCC(C)NC(N)=NCCCNC(=O)c1ccc(Br)cc1. The third-order valence-electron chi connectivity index (χ3n) is 3.02. The van der Waals surface area contributed by atoms with Gasteiger partial charge in [-0.3, -0.25) is 9.79 Å². The maximum atomic E-state index is 11.8. The summed E-state index contributed by atoms with van der Waals surface area (Å²) in [5.41, 5.74) is 6.40. The van der Waals surface area contributed by atoms with Gasteiger partial charge in [-0.1, -0.05) is 22.9 Å². The van der Waals surface area contributed by atoms with E-state index in [0.29, 0.717) is 30.7 Å². The molecular weight excluding hydrogens is 332 g/mol. The van der Waals surface area contributed by atoms with Gasteiger partial charge in [-0.25, -0.2) is 0 Å². The summed E-state index contributed by atoms with van der Waals surface area (Å²) in [6.45, 7) is 5.31. The van der Waals surface area contributed by atoms with Crippen LogP contribution in [0.15, 0.2) is 33.7 Å². The van der Waals surface area contributed by atoms with Crippen LogP contribution in [0.5, 0.6) is 0 Å². The molecule has 116 valence electrons. The Bertz CT molecular complexity index is 473. The zero-order valence-electron chi connectivity index (χ0n) is 12.5. The Hall–Kier alpha value is -1.56. The van der Waals surface area contributed by atoms with E-state index in [1.807, 2.05) is 12.1 Å². The summed E-state index contributed by atoms with van der Waals surface area (Å²) in [5, 5.41) is 5.96. The van der Waals surface area contributed by atoms with E-state index < -0.39 is 0 Å². The quantitative estimate of drug-likeness (QED) is 0.399. The van der Waals surface area contributed by atoms with Crippen LogP contribution in [0.4, 0.5) is 0 Å². The van der Waals surface area contributed by atoms with Gasteiger partial charge in [0.1, 0.15) is 0 Å². The third kappa shape index (κ3) is 7.13. The first kappa shape index (κ1) is 17.5. The largest absolute Gasteiger partial charge is 0.370 e. The van der Waals surface area contributed by atoms with E-state index in [1.165, 1.54) is 0 Å². The molecule has 0 bridgehead atoms.